The van der Waals surface area contributed by atoms with E-state index in [9.17, 15) is 9.90 Å². The van der Waals surface area contributed by atoms with Gasteiger partial charge in [0.2, 0.25) is 0 Å². The van der Waals surface area contributed by atoms with E-state index in [-0.39, 0.29) is 0 Å². The summed E-state index contributed by atoms with van der Waals surface area (Å²) >= 11 is 1.32. The van der Waals surface area contributed by atoms with E-state index in [1.165, 1.54) is 24.2 Å². The highest BCUT2D eigenvalue weighted by molar-refractivity contribution is 7.17. The highest BCUT2D eigenvalue weighted by Gasteiger charge is 2.32. The third-order valence-corrected chi connectivity index (χ3v) is 4.40. The molecular weight excluding hydrogens is 248 g/mol. The highest BCUT2D eigenvalue weighted by atomic mass is 32.1. The molecule has 2 rings (SSSR count). The predicted molar refractivity (Wildman–Crippen MR) is 73.8 cm³/mol. The highest BCUT2D eigenvalue weighted by Crippen LogP contribution is 2.44. The third-order valence-electron chi connectivity index (χ3n) is 3.22. The number of unbranched alkanes of at least 4 members (excludes halogenated alkanes) is 2. The Labute approximate surface area is 112 Å². The smallest absolute Gasteiger partial charge is 0.347 e. The standard InChI is InChI=1S/C13H20N2O2S/c1-3-4-5-8-15(2)13-14-10(9-6-7-9)11(18-13)12(16)17/h9H,3-8H2,1-2H3,(H,16,17). The van der Waals surface area contributed by atoms with Crippen molar-refractivity contribution in [3.8, 4) is 0 Å². The van der Waals surface area contributed by atoms with Crippen molar-refractivity contribution in [2.45, 2.75) is 44.9 Å². The van der Waals surface area contributed by atoms with Crippen LogP contribution in [0.15, 0.2) is 0 Å². The minimum Gasteiger partial charge on any atom is -0.477 e. The SMILES string of the molecule is CCCCCN(C)c1nc(C2CC2)c(C(=O)O)s1. The normalized spacial score (nSPS) is 14.8. The molecule has 0 atom stereocenters. The molecule has 0 aromatic carbocycles. The molecule has 0 amide bonds. The monoisotopic (exact) mass is 268 g/mol. The van der Waals surface area contributed by atoms with Gasteiger partial charge in [0, 0.05) is 19.5 Å². The minimum atomic E-state index is -0.831. The molecule has 5 heteroatoms. The Morgan fingerprint density at radius 1 is 1.50 bits per heavy atom. The first-order valence-electron chi connectivity index (χ1n) is 6.58. The van der Waals surface area contributed by atoms with Crippen LogP contribution in [0, 0.1) is 0 Å². The van der Waals surface area contributed by atoms with Crippen LogP contribution in [0.1, 0.15) is 60.3 Å². The first-order chi connectivity index (χ1) is 8.63. The largest absolute Gasteiger partial charge is 0.477 e. The zero-order chi connectivity index (χ0) is 13.1. The first-order valence-corrected chi connectivity index (χ1v) is 7.40. The molecule has 1 aromatic rings. The van der Waals surface area contributed by atoms with E-state index < -0.39 is 5.97 Å². The summed E-state index contributed by atoms with van der Waals surface area (Å²) in [6, 6.07) is 0. The topological polar surface area (TPSA) is 53.4 Å². The van der Waals surface area contributed by atoms with Crippen LogP contribution in [-0.4, -0.2) is 29.7 Å². The van der Waals surface area contributed by atoms with Gasteiger partial charge in [0.25, 0.3) is 0 Å². The second-order valence-corrected chi connectivity index (χ2v) is 5.90. The lowest BCUT2D eigenvalue weighted by atomic mass is 10.2. The minimum absolute atomic E-state index is 0.394. The van der Waals surface area contributed by atoms with Crippen molar-refractivity contribution < 1.29 is 9.90 Å². The second kappa shape index (κ2) is 5.69. The van der Waals surface area contributed by atoms with Crippen molar-refractivity contribution in [2.75, 3.05) is 18.5 Å². The summed E-state index contributed by atoms with van der Waals surface area (Å²) in [5.41, 5.74) is 0.810. The van der Waals surface area contributed by atoms with E-state index in [1.54, 1.807) is 0 Å². The van der Waals surface area contributed by atoms with E-state index >= 15 is 0 Å². The zero-order valence-electron chi connectivity index (χ0n) is 11.0. The van der Waals surface area contributed by atoms with Gasteiger partial charge in [-0.3, -0.25) is 0 Å². The van der Waals surface area contributed by atoms with Crippen molar-refractivity contribution in [1.29, 1.82) is 0 Å². The lowest BCUT2D eigenvalue weighted by Gasteiger charge is -2.14. The molecule has 1 heterocycles. The number of rotatable bonds is 7. The molecule has 0 unspecified atom stereocenters. The number of hydrogen-bond donors (Lipinski definition) is 1. The summed E-state index contributed by atoms with van der Waals surface area (Å²) in [5.74, 6) is -0.437. The molecule has 0 bridgehead atoms. The van der Waals surface area contributed by atoms with Gasteiger partial charge >= 0.3 is 5.97 Å². The predicted octanol–water partition coefficient (Wildman–Crippen LogP) is 3.35. The summed E-state index contributed by atoms with van der Waals surface area (Å²) in [6.45, 7) is 3.13. The molecule has 100 valence electrons. The molecule has 1 aliphatic rings. The Kier molecular flexibility index (Phi) is 4.22. The fourth-order valence-corrected chi connectivity index (χ4v) is 2.94. The van der Waals surface area contributed by atoms with Gasteiger partial charge in [-0.1, -0.05) is 31.1 Å². The molecule has 4 nitrogen and oxygen atoms in total. The number of aromatic carboxylic acids is 1. The van der Waals surface area contributed by atoms with E-state index in [4.69, 9.17) is 0 Å². The van der Waals surface area contributed by atoms with Crippen molar-refractivity contribution >= 4 is 22.4 Å². The molecule has 1 saturated carbocycles. The van der Waals surface area contributed by atoms with E-state index in [0.29, 0.717) is 10.8 Å². The quantitative estimate of drug-likeness (QED) is 0.771. The number of carbonyl (C=O) groups is 1. The summed E-state index contributed by atoms with van der Waals surface area (Å²) < 4.78 is 0. The number of carboxylic acids is 1. The Morgan fingerprint density at radius 3 is 2.78 bits per heavy atom. The number of anilines is 1. The number of nitrogens with zero attached hydrogens (tertiary/aromatic N) is 2. The molecule has 0 saturated heterocycles. The van der Waals surface area contributed by atoms with E-state index in [2.05, 4.69) is 16.8 Å². The fraction of sp³-hybridized carbons (Fsp3) is 0.692. The summed E-state index contributed by atoms with van der Waals surface area (Å²) in [7, 11) is 2.00. The van der Waals surface area contributed by atoms with Gasteiger partial charge in [-0.15, -0.1) is 0 Å². The third kappa shape index (κ3) is 3.02. The van der Waals surface area contributed by atoms with Crippen molar-refractivity contribution in [2.24, 2.45) is 0 Å². The molecule has 0 radical (unpaired) electrons. The van der Waals surface area contributed by atoms with Crippen LogP contribution in [0.2, 0.25) is 0 Å². The van der Waals surface area contributed by atoms with Crippen LogP contribution in [0.25, 0.3) is 0 Å². The lowest BCUT2D eigenvalue weighted by Crippen LogP contribution is -2.18. The zero-order valence-corrected chi connectivity index (χ0v) is 11.8. The van der Waals surface area contributed by atoms with Crippen LogP contribution >= 0.6 is 11.3 Å². The molecule has 1 aromatic heterocycles. The van der Waals surface area contributed by atoms with Gasteiger partial charge in [-0.2, -0.15) is 0 Å². The maximum atomic E-state index is 11.2. The molecule has 1 fully saturated rings. The Bertz CT molecular complexity index is 427. The Morgan fingerprint density at radius 2 is 2.22 bits per heavy atom. The Hall–Kier alpha value is -1.10. The molecule has 18 heavy (non-hydrogen) atoms. The van der Waals surface area contributed by atoms with Crippen LogP contribution in [-0.2, 0) is 0 Å². The van der Waals surface area contributed by atoms with Gasteiger partial charge in [0.05, 0.1) is 5.69 Å². The molecular formula is C13H20N2O2S. The number of aromatic nitrogens is 1. The molecule has 0 spiro atoms. The van der Waals surface area contributed by atoms with Crippen LogP contribution in [0.5, 0.6) is 0 Å². The van der Waals surface area contributed by atoms with Crippen molar-refractivity contribution in [3.63, 3.8) is 0 Å². The summed E-state index contributed by atoms with van der Waals surface area (Å²) in [5, 5.41) is 10.1. The van der Waals surface area contributed by atoms with Crippen molar-refractivity contribution in [1.82, 2.24) is 4.98 Å². The average Bonchev–Trinajstić information content (AvgIpc) is 3.07. The fourth-order valence-electron chi connectivity index (χ4n) is 1.96. The number of thiazole rings is 1. The van der Waals surface area contributed by atoms with Gasteiger partial charge in [-0.25, -0.2) is 9.78 Å². The van der Waals surface area contributed by atoms with Crippen LogP contribution in [0.3, 0.4) is 0 Å². The maximum absolute atomic E-state index is 11.2. The van der Waals surface area contributed by atoms with E-state index in [0.717, 1.165) is 36.6 Å². The number of carboxylic acid groups (broad SMARTS) is 1. The van der Waals surface area contributed by atoms with Crippen molar-refractivity contribution in [3.05, 3.63) is 10.6 Å². The van der Waals surface area contributed by atoms with Gasteiger partial charge < -0.3 is 10.0 Å². The molecule has 1 N–H and O–H groups in total. The Balaban J connectivity index is 2.08. The van der Waals surface area contributed by atoms with E-state index in [1.807, 2.05) is 7.05 Å². The van der Waals surface area contributed by atoms with Gasteiger partial charge in [0.1, 0.15) is 4.88 Å². The van der Waals surface area contributed by atoms with Crippen LogP contribution < -0.4 is 4.90 Å². The van der Waals surface area contributed by atoms with Gasteiger partial charge in [-0.05, 0) is 19.3 Å². The second-order valence-electron chi connectivity index (χ2n) is 4.92. The van der Waals surface area contributed by atoms with Gasteiger partial charge in [0.15, 0.2) is 5.13 Å². The summed E-state index contributed by atoms with van der Waals surface area (Å²) in [4.78, 5) is 18.3. The summed E-state index contributed by atoms with van der Waals surface area (Å²) in [6.07, 6.45) is 5.70. The average molecular weight is 268 g/mol. The molecule has 1 aliphatic carbocycles. The molecule has 0 aliphatic heterocycles. The number of hydrogen-bond acceptors (Lipinski definition) is 4. The van der Waals surface area contributed by atoms with Crippen LogP contribution in [0.4, 0.5) is 5.13 Å². The lowest BCUT2D eigenvalue weighted by molar-refractivity contribution is 0.0700. The first kappa shape index (κ1) is 13.3. The maximum Gasteiger partial charge on any atom is 0.347 e.